The Balaban J connectivity index is 3.01. The summed E-state index contributed by atoms with van der Waals surface area (Å²) in [5, 5.41) is 6.21. The van der Waals surface area contributed by atoms with E-state index in [2.05, 4.69) is 51.3 Å². The van der Waals surface area contributed by atoms with E-state index in [9.17, 15) is 0 Å². The zero-order valence-corrected chi connectivity index (χ0v) is 11.2. The Morgan fingerprint density at radius 3 is 2.87 bits per heavy atom. The second-order valence-corrected chi connectivity index (χ2v) is 3.83. The van der Waals surface area contributed by atoms with Crippen LogP contribution in [0.4, 0.5) is 0 Å². The molecule has 0 N–H and O–H groups in total. The summed E-state index contributed by atoms with van der Waals surface area (Å²) < 4.78 is 0.821. The summed E-state index contributed by atoms with van der Waals surface area (Å²) >= 11 is 2.27. The highest BCUT2D eigenvalue weighted by Crippen LogP contribution is 2.17. The molecule has 0 amide bonds. The zero-order chi connectivity index (χ0) is 11.3. The molecule has 0 atom stereocenters. The number of hydrogen-bond acceptors (Lipinski definition) is 3. The quantitative estimate of drug-likeness (QED) is 0.445. The third kappa shape index (κ3) is 2.64. The molecule has 0 unspecified atom stereocenters. The molecule has 0 radical (unpaired) electrons. The standard InChI is InChI=1S/C10H15IN4/c1-4-5-15-10(13-3)8(7-14-15)9(6-11)12-2/h7H,2,4-6H2,1,3H3/b9-8-,13-10+. The number of hydrogen-bond donors (Lipinski definition) is 0. The number of rotatable bonds is 4. The maximum absolute atomic E-state index is 4.30. The molecule has 1 heterocycles. The summed E-state index contributed by atoms with van der Waals surface area (Å²) in [7, 11) is 1.78. The van der Waals surface area contributed by atoms with Gasteiger partial charge in [0.1, 0.15) is 0 Å². The lowest BCUT2D eigenvalue weighted by atomic mass is 10.2. The van der Waals surface area contributed by atoms with E-state index in [0.29, 0.717) is 0 Å². The average Bonchev–Trinajstić information content (AvgIpc) is 2.64. The number of amidine groups is 1. The smallest absolute Gasteiger partial charge is 0.154 e. The summed E-state index contributed by atoms with van der Waals surface area (Å²) in [5.41, 5.74) is 1.94. The number of aliphatic imine (C=N–C) groups is 2. The second kappa shape index (κ2) is 5.99. The van der Waals surface area contributed by atoms with Gasteiger partial charge in [0.05, 0.1) is 17.5 Å². The Morgan fingerprint density at radius 2 is 2.40 bits per heavy atom. The number of nitrogens with zero attached hydrogens (tertiary/aromatic N) is 4. The van der Waals surface area contributed by atoms with Crippen molar-refractivity contribution in [3.05, 3.63) is 11.3 Å². The molecular formula is C10H15IN4. The second-order valence-electron chi connectivity index (χ2n) is 3.07. The highest BCUT2D eigenvalue weighted by atomic mass is 127. The van der Waals surface area contributed by atoms with Crippen LogP contribution in [0.25, 0.3) is 0 Å². The Bertz CT molecular complexity index is 330. The van der Waals surface area contributed by atoms with Crippen LogP contribution in [0.15, 0.2) is 26.4 Å². The Morgan fingerprint density at radius 1 is 1.67 bits per heavy atom. The highest BCUT2D eigenvalue weighted by Gasteiger charge is 2.21. The van der Waals surface area contributed by atoms with Crippen molar-refractivity contribution in [3.63, 3.8) is 0 Å². The topological polar surface area (TPSA) is 40.3 Å². The summed E-state index contributed by atoms with van der Waals surface area (Å²) in [6, 6.07) is 0. The first-order chi connectivity index (χ1) is 7.28. The molecule has 0 saturated heterocycles. The van der Waals surface area contributed by atoms with Gasteiger partial charge in [-0.3, -0.25) is 9.98 Å². The lowest BCUT2D eigenvalue weighted by molar-refractivity contribution is 0.454. The predicted octanol–water partition coefficient (Wildman–Crippen LogP) is 2.12. The van der Waals surface area contributed by atoms with Crippen LogP contribution in [0, 0.1) is 0 Å². The maximum atomic E-state index is 4.30. The number of halogens is 1. The summed E-state index contributed by atoms with van der Waals surface area (Å²) in [6.45, 7) is 6.58. The van der Waals surface area contributed by atoms with Crippen molar-refractivity contribution in [1.29, 1.82) is 0 Å². The van der Waals surface area contributed by atoms with Crippen LogP contribution in [0.5, 0.6) is 0 Å². The fourth-order valence-electron chi connectivity index (χ4n) is 1.39. The minimum absolute atomic E-state index is 0.821. The van der Waals surface area contributed by atoms with Crippen LogP contribution in [0.2, 0.25) is 0 Å². The van der Waals surface area contributed by atoms with Crippen LogP contribution < -0.4 is 0 Å². The summed E-state index contributed by atoms with van der Waals surface area (Å²) in [5.74, 6) is 0.899. The highest BCUT2D eigenvalue weighted by molar-refractivity contribution is 14.1. The van der Waals surface area contributed by atoms with Gasteiger partial charge in [0.15, 0.2) is 5.84 Å². The van der Waals surface area contributed by atoms with Crippen LogP contribution in [-0.2, 0) is 0 Å². The van der Waals surface area contributed by atoms with Gasteiger partial charge in [-0.2, -0.15) is 5.10 Å². The number of hydrazone groups is 1. The molecule has 15 heavy (non-hydrogen) atoms. The Hall–Kier alpha value is -0.720. The van der Waals surface area contributed by atoms with E-state index in [1.807, 2.05) is 11.2 Å². The van der Waals surface area contributed by atoms with Crippen molar-refractivity contribution >= 4 is 41.4 Å². The van der Waals surface area contributed by atoms with Crippen LogP contribution in [0.1, 0.15) is 13.3 Å². The van der Waals surface area contributed by atoms with E-state index in [0.717, 1.165) is 34.5 Å². The molecule has 0 saturated carbocycles. The van der Waals surface area contributed by atoms with Crippen molar-refractivity contribution in [2.45, 2.75) is 13.3 Å². The monoisotopic (exact) mass is 318 g/mol. The molecule has 82 valence electrons. The molecule has 0 bridgehead atoms. The molecule has 5 heteroatoms. The van der Waals surface area contributed by atoms with Crippen molar-refractivity contribution in [1.82, 2.24) is 5.01 Å². The van der Waals surface area contributed by atoms with Gasteiger partial charge >= 0.3 is 0 Å². The molecule has 4 nitrogen and oxygen atoms in total. The molecule has 0 fully saturated rings. The minimum atomic E-state index is 0.821. The third-order valence-electron chi connectivity index (χ3n) is 2.09. The number of alkyl halides is 1. The van der Waals surface area contributed by atoms with E-state index < -0.39 is 0 Å². The van der Waals surface area contributed by atoms with E-state index in [4.69, 9.17) is 0 Å². The molecule has 0 aromatic heterocycles. The molecule has 1 aliphatic rings. The molecule has 0 aliphatic carbocycles. The van der Waals surface area contributed by atoms with Gasteiger partial charge in [-0.1, -0.05) is 29.5 Å². The Kier molecular flexibility index (Phi) is 4.93. The van der Waals surface area contributed by atoms with Crippen molar-refractivity contribution in [2.24, 2.45) is 15.1 Å². The fraction of sp³-hybridized carbons (Fsp3) is 0.500. The van der Waals surface area contributed by atoms with E-state index in [1.165, 1.54) is 0 Å². The average molecular weight is 318 g/mol. The van der Waals surface area contributed by atoms with Gasteiger partial charge in [0.2, 0.25) is 0 Å². The van der Waals surface area contributed by atoms with Crippen molar-refractivity contribution < 1.29 is 0 Å². The van der Waals surface area contributed by atoms with Crippen LogP contribution in [-0.4, -0.2) is 41.8 Å². The first kappa shape index (κ1) is 12.4. The van der Waals surface area contributed by atoms with Crippen LogP contribution >= 0.6 is 22.6 Å². The first-order valence-corrected chi connectivity index (χ1v) is 6.35. The third-order valence-corrected chi connectivity index (χ3v) is 2.81. The normalized spacial score (nSPS) is 21.3. The molecule has 0 spiro atoms. The molecule has 1 aliphatic heterocycles. The van der Waals surface area contributed by atoms with Gasteiger partial charge in [0.25, 0.3) is 0 Å². The summed E-state index contributed by atoms with van der Waals surface area (Å²) in [4.78, 5) is 8.26. The first-order valence-electron chi connectivity index (χ1n) is 4.83. The van der Waals surface area contributed by atoms with Crippen molar-refractivity contribution in [3.8, 4) is 0 Å². The van der Waals surface area contributed by atoms with Gasteiger partial charge < -0.3 is 0 Å². The largest absolute Gasteiger partial charge is 0.270 e. The molecular weight excluding hydrogens is 303 g/mol. The van der Waals surface area contributed by atoms with E-state index >= 15 is 0 Å². The fourth-order valence-corrected chi connectivity index (χ4v) is 2.05. The van der Waals surface area contributed by atoms with E-state index in [-0.39, 0.29) is 0 Å². The van der Waals surface area contributed by atoms with Gasteiger partial charge in [-0.15, -0.1) is 0 Å². The minimum Gasteiger partial charge on any atom is -0.270 e. The lowest BCUT2D eigenvalue weighted by Crippen LogP contribution is -2.23. The molecule has 0 aromatic rings. The van der Waals surface area contributed by atoms with Gasteiger partial charge in [-0.05, 0) is 13.1 Å². The van der Waals surface area contributed by atoms with Crippen LogP contribution in [0.3, 0.4) is 0 Å². The van der Waals surface area contributed by atoms with Crippen molar-refractivity contribution in [2.75, 3.05) is 18.0 Å². The molecule has 0 aromatic carbocycles. The SMILES string of the molecule is C=N/C(CI)=C1/C=NN(CCC)/C1=N/C. The van der Waals surface area contributed by atoms with Gasteiger partial charge in [0, 0.05) is 18.0 Å². The maximum Gasteiger partial charge on any atom is 0.154 e. The lowest BCUT2D eigenvalue weighted by Gasteiger charge is -2.14. The van der Waals surface area contributed by atoms with E-state index in [1.54, 1.807) is 7.05 Å². The number of allylic oxidation sites excluding steroid dienone is 1. The predicted molar refractivity (Wildman–Crippen MR) is 74.3 cm³/mol. The Labute approximate surface area is 104 Å². The zero-order valence-electron chi connectivity index (χ0n) is 9.07. The van der Waals surface area contributed by atoms with Gasteiger partial charge in [-0.25, -0.2) is 5.01 Å². The molecule has 1 rings (SSSR count). The summed E-state index contributed by atoms with van der Waals surface area (Å²) in [6.07, 6.45) is 2.87.